The van der Waals surface area contributed by atoms with Crippen molar-refractivity contribution in [3.63, 3.8) is 0 Å². The van der Waals surface area contributed by atoms with Gasteiger partial charge >= 0.3 is 0 Å². The number of aromatic nitrogens is 4. The van der Waals surface area contributed by atoms with Crippen molar-refractivity contribution in [3.8, 4) is 22.6 Å². The summed E-state index contributed by atoms with van der Waals surface area (Å²) in [6.45, 7) is 5.61. The van der Waals surface area contributed by atoms with Crippen LogP contribution in [-0.2, 0) is 0 Å². The Kier molecular flexibility index (Phi) is 4.68. The lowest BCUT2D eigenvalue weighted by atomic mass is 10.1. The van der Waals surface area contributed by atoms with Crippen LogP contribution in [-0.4, -0.2) is 71.9 Å². The molecule has 0 bridgehead atoms. The number of nitrogen functional groups attached to an aromatic ring is 1. The van der Waals surface area contributed by atoms with Gasteiger partial charge < -0.3 is 25.0 Å². The Hall–Kier alpha value is -3.07. The third kappa shape index (κ3) is 3.07. The molecule has 148 valence electrons. The second kappa shape index (κ2) is 7.16. The van der Waals surface area contributed by atoms with Gasteiger partial charge in [0.1, 0.15) is 0 Å². The van der Waals surface area contributed by atoms with Crippen LogP contribution in [0.2, 0.25) is 0 Å². The van der Waals surface area contributed by atoms with Gasteiger partial charge in [-0.3, -0.25) is 0 Å². The Morgan fingerprint density at radius 2 is 1.71 bits per heavy atom. The molecule has 0 radical (unpaired) electrons. The fourth-order valence-corrected chi connectivity index (χ4v) is 3.53. The number of rotatable bonds is 4. The smallest absolute Gasteiger partial charge is 0.230 e. The van der Waals surface area contributed by atoms with Gasteiger partial charge in [0.2, 0.25) is 11.9 Å². The highest BCUT2D eigenvalue weighted by Crippen LogP contribution is 2.35. The number of methoxy groups -OCH3 is 2. The first-order chi connectivity index (χ1) is 13.5. The number of piperazine rings is 1. The quantitative estimate of drug-likeness (QED) is 0.724. The predicted molar refractivity (Wildman–Crippen MR) is 108 cm³/mol. The Morgan fingerprint density at radius 1 is 1.00 bits per heavy atom. The molecule has 2 aromatic heterocycles. The van der Waals surface area contributed by atoms with Gasteiger partial charge in [-0.05, 0) is 31.7 Å². The Morgan fingerprint density at radius 3 is 2.39 bits per heavy atom. The van der Waals surface area contributed by atoms with E-state index in [0.29, 0.717) is 29.0 Å². The first-order valence-electron chi connectivity index (χ1n) is 9.20. The van der Waals surface area contributed by atoms with Crippen molar-refractivity contribution >= 4 is 17.5 Å². The maximum atomic E-state index is 6.22. The third-order valence-corrected chi connectivity index (χ3v) is 5.13. The molecule has 1 saturated heterocycles. The monoisotopic (exact) mass is 383 g/mol. The fourth-order valence-electron chi connectivity index (χ4n) is 3.53. The molecule has 0 spiro atoms. The van der Waals surface area contributed by atoms with Crippen LogP contribution in [0.4, 0.5) is 11.9 Å². The van der Waals surface area contributed by atoms with E-state index in [9.17, 15) is 0 Å². The highest BCUT2D eigenvalue weighted by Gasteiger charge is 2.22. The van der Waals surface area contributed by atoms with Crippen LogP contribution < -0.4 is 20.1 Å². The number of likely N-dealkylation sites (N-methyl/N-ethyl adjacent to an activating group) is 1. The van der Waals surface area contributed by atoms with Crippen molar-refractivity contribution in [3.05, 3.63) is 23.9 Å². The topological polar surface area (TPSA) is 94.0 Å². The Labute approximate surface area is 163 Å². The van der Waals surface area contributed by atoms with E-state index in [4.69, 9.17) is 20.2 Å². The molecule has 1 aromatic carbocycles. The highest BCUT2D eigenvalue weighted by molar-refractivity contribution is 5.82. The van der Waals surface area contributed by atoms with E-state index < -0.39 is 0 Å². The predicted octanol–water partition coefficient (Wildman–Crippen LogP) is 1.45. The summed E-state index contributed by atoms with van der Waals surface area (Å²) >= 11 is 0. The number of hydrogen-bond acceptors (Lipinski definition) is 8. The van der Waals surface area contributed by atoms with Gasteiger partial charge in [-0.1, -0.05) is 6.07 Å². The molecule has 0 amide bonds. The molecule has 1 aliphatic rings. The maximum absolute atomic E-state index is 6.22. The largest absolute Gasteiger partial charge is 0.493 e. The zero-order valence-electron chi connectivity index (χ0n) is 16.6. The minimum absolute atomic E-state index is 0.328. The van der Waals surface area contributed by atoms with Crippen molar-refractivity contribution in [1.82, 2.24) is 24.5 Å². The number of nitrogens with two attached hydrogens (primary N) is 1. The molecule has 0 atom stereocenters. The SMILES string of the molecule is COc1ccc(-c2c(C)nn3c(N)nc(N4CCN(C)CC4)nc23)cc1OC. The average molecular weight is 383 g/mol. The summed E-state index contributed by atoms with van der Waals surface area (Å²) in [4.78, 5) is 13.8. The average Bonchev–Trinajstić information content (AvgIpc) is 3.04. The molecule has 0 unspecified atom stereocenters. The number of benzene rings is 1. The molecule has 0 aliphatic carbocycles. The standard InChI is InChI=1S/C19H25N7O2/c1-12-16(13-5-6-14(27-3)15(11-13)28-4)17-21-19(22-18(20)26(17)23-12)25-9-7-24(2)8-10-25/h5-6,11H,7-10H2,1-4H3,(H2,20,21,22). The molecule has 3 heterocycles. The number of ether oxygens (including phenoxy) is 2. The first-order valence-corrected chi connectivity index (χ1v) is 9.20. The van der Waals surface area contributed by atoms with Gasteiger partial charge in [0.25, 0.3) is 0 Å². The second-order valence-electron chi connectivity index (χ2n) is 6.94. The molecular weight excluding hydrogens is 358 g/mol. The van der Waals surface area contributed by atoms with Crippen molar-refractivity contribution in [2.75, 3.05) is 58.1 Å². The van der Waals surface area contributed by atoms with Crippen LogP contribution >= 0.6 is 0 Å². The van der Waals surface area contributed by atoms with E-state index in [0.717, 1.165) is 43.0 Å². The van der Waals surface area contributed by atoms with E-state index in [1.54, 1.807) is 18.7 Å². The lowest BCUT2D eigenvalue weighted by molar-refractivity contribution is 0.311. The fraction of sp³-hybridized carbons (Fsp3) is 0.421. The lowest BCUT2D eigenvalue weighted by Gasteiger charge is -2.32. The maximum Gasteiger partial charge on any atom is 0.230 e. The molecule has 9 nitrogen and oxygen atoms in total. The molecule has 28 heavy (non-hydrogen) atoms. The van der Waals surface area contributed by atoms with Crippen LogP contribution in [0.1, 0.15) is 5.69 Å². The Bertz CT molecular complexity index is 1010. The zero-order chi connectivity index (χ0) is 19.8. The second-order valence-corrected chi connectivity index (χ2v) is 6.94. The number of aryl methyl sites for hydroxylation is 1. The van der Waals surface area contributed by atoms with Crippen molar-refractivity contribution in [2.45, 2.75) is 6.92 Å². The van der Waals surface area contributed by atoms with Crippen LogP contribution in [0.5, 0.6) is 11.5 Å². The van der Waals surface area contributed by atoms with Crippen LogP contribution in [0.25, 0.3) is 16.8 Å². The van der Waals surface area contributed by atoms with Crippen LogP contribution in [0.15, 0.2) is 18.2 Å². The molecule has 1 aliphatic heterocycles. The summed E-state index contributed by atoms with van der Waals surface area (Å²) in [7, 11) is 5.36. The van der Waals surface area contributed by atoms with Crippen molar-refractivity contribution in [2.24, 2.45) is 0 Å². The molecule has 4 rings (SSSR count). The van der Waals surface area contributed by atoms with Gasteiger partial charge in [-0.25, -0.2) is 0 Å². The number of nitrogens with zero attached hydrogens (tertiary/aromatic N) is 6. The molecule has 0 saturated carbocycles. The summed E-state index contributed by atoms with van der Waals surface area (Å²) in [6, 6.07) is 5.78. The summed E-state index contributed by atoms with van der Waals surface area (Å²) in [5, 5.41) is 4.55. The van der Waals surface area contributed by atoms with E-state index >= 15 is 0 Å². The van der Waals surface area contributed by atoms with Gasteiger partial charge in [0, 0.05) is 31.7 Å². The number of fused-ring (bicyclic) bond motifs is 1. The van der Waals surface area contributed by atoms with Crippen LogP contribution in [0, 0.1) is 6.92 Å². The Balaban J connectivity index is 1.84. The first kappa shape index (κ1) is 18.3. The molecule has 3 aromatic rings. The van der Waals surface area contributed by atoms with E-state index in [1.807, 2.05) is 25.1 Å². The van der Waals surface area contributed by atoms with Crippen molar-refractivity contribution in [1.29, 1.82) is 0 Å². The van der Waals surface area contributed by atoms with Gasteiger partial charge in [-0.15, -0.1) is 0 Å². The van der Waals surface area contributed by atoms with Crippen molar-refractivity contribution < 1.29 is 9.47 Å². The lowest BCUT2D eigenvalue weighted by Crippen LogP contribution is -2.45. The third-order valence-electron chi connectivity index (χ3n) is 5.13. The molecule has 1 fully saturated rings. The van der Waals surface area contributed by atoms with Gasteiger partial charge in [-0.2, -0.15) is 19.6 Å². The summed E-state index contributed by atoms with van der Waals surface area (Å²) in [5.41, 5.74) is 9.58. The summed E-state index contributed by atoms with van der Waals surface area (Å²) in [6.07, 6.45) is 0. The summed E-state index contributed by atoms with van der Waals surface area (Å²) in [5.74, 6) is 2.29. The van der Waals surface area contributed by atoms with Gasteiger partial charge in [0.15, 0.2) is 17.1 Å². The van der Waals surface area contributed by atoms with E-state index in [1.165, 1.54) is 0 Å². The number of anilines is 2. The molecular formula is C19H25N7O2. The van der Waals surface area contributed by atoms with Gasteiger partial charge in [0.05, 0.1) is 19.9 Å². The number of hydrogen-bond donors (Lipinski definition) is 1. The minimum atomic E-state index is 0.328. The van der Waals surface area contributed by atoms with E-state index in [2.05, 4.69) is 26.9 Å². The summed E-state index contributed by atoms with van der Waals surface area (Å²) < 4.78 is 12.4. The molecule has 9 heteroatoms. The van der Waals surface area contributed by atoms with E-state index in [-0.39, 0.29) is 0 Å². The minimum Gasteiger partial charge on any atom is -0.493 e. The normalized spacial score (nSPS) is 15.2. The highest BCUT2D eigenvalue weighted by atomic mass is 16.5. The molecule has 2 N–H and O–H groups in total. The zero-order valence-corrected chi connectivity index (χ0v) is 16.6. The van der Waals surface area contributed by atoms with Crippen LogP contribution in [0.3, 0.4) is 0 Å².